The summed E-state index contributed by atoms with van der Waals surface area (Å²) < 4.78 is 0. The predicted molar refractivity (Wildman–Crippen MR) is 118 cm³/mol. The minimum absolute atomic E-state index is 0.194. The van der Waals surface area contributed by atoms with E-state index in [0.717, 1.165) is 38.5 Å². The molecule has 0 aromatic heterocycles. The maximum atomic E-state index is 12.0. The number of carbonyl (C=O) groups is 1. The summed E-state index contributed by atoms with van der Waals surface area (Å²) in [4.78, 5) is 11.1. The largest absolute Gasteiger partial charge is 0.481 e. The van der Waals surface area contributed by atoms with Gasteiger partial charge < -0.3 is 15.3 Å². The maximum absolute atomic E-state index is 12.0. The average molecular weight is 421 g/mol. The van der Waals surface area contributed by atoms with Crippen LogP contribution in [-0.4, -0.2) is 33.0 Å². The first kappa shape index (κ1) is 22.6. The SMILES string of the molecule is CCC1(O)CC2CC(O)CCC2(C)C2CCC3(C)C(C(C)CCC(=O)O)CCC3C21. The molecule has 4 aliphatic rings. The summed E-state index contributed by atoms with van der Waals surface area (Å²) in [5, 5.41) is 31.5. The van der Waals surface area contributed by atoms with Crippen molar-refractivity contribution < 1.29 is 20.1 Å². The molecule has 0 spiro atoms. The fourth-order valence-corrected chi connectivity index (χ4v) is 9.30. The van der Waals surface area contributed by atoms with Gasteiger partial charge in [-0.1, -0.05) is 27.7 Å². The van der Waals surface area contributed by atoms with Crippen molar-refractivity contribution in [1.82, 2.24) is 0 Å². The minimum atomic E-state index is -0.684. The zero-order valence-corrected chi connectivity index (χ0v) is 19.6. The molecule has 0 aromatic rings. The summed E-state index contributed by atoms with van der Waals surface area (Å²) in [7, 11) is 0. The van der Waals surface area contributed by atoms with Gasteiger partial charge in [0.1, 0.15) is 0 Å². The highest BCUT2D eigenvalue weighted by Crippen LogP contribution is 2.70. The molecular weight excluding hydrogens is 376 g/mol. The van der Waals surface area contributed by atoms with Crippen molar-refractivity contribution in [2.45, 2.75) is 110 Å². The number of rotatable bonds is 5. The average Bonchev–Trinajstić information content (AvgIpc) is 3.04. The number of aliphatic hydroxyl groups excluding tert-OH is 1. The van der Waals surface area contributed by atoms with E-state index in [1.54, 1.807) is 0 Å². The highest BCUT2D eigenvalue weighted by atomic mass is 16.4. The van der Waals surface area contributed by atoms with Gasteiger partial charge in [0.05, 0.1) is 11.7 Å². The van der Waals surface area contributed by atoms with Gasteiger partial charge in [-0.05, 0) is 111 Å². The fourth-order valence-electron chi connectivity index (χ4n) is 9.30. The molecule has 4 heteroatoms. The summed E-state index contributed by atoms with van der Waals surface area (Å²) in [6.45, 7) is 9.37. The lowest BCUT2D eigenvalue weighted by molar-refractivity contribution is -0.220. The monoisotopic (exact) mass is 420 g/mol. The van der Waals surface area contributed by atoms with Crippen molar-refractivity contribution in [2.24, 2.45) is 46.3 Å². The van der Waals surface area contributed by atoms with Crippen molar-refractivity contribution in [3.8, 4) is 0 Å². The van der Waals surface area contributed by atoms with Crippen molar-refractivity contribution in [2.75, 3.05) is 0 Å². The Morgan fingerprint density at radius 3 is 2.40 bits per heavy atom. The van der Waals surface area contributed by atoms with E-state index in [-0.39, 0.29) is 23.4 Å². The molecule has 4 fully saturated rings. The molecular formula is C26H44O4. The number of aliphatic carboxylic acids is 1. The Labute approximate surface area is 182 Å². The molecule has 4 rings (SSSR count). The van der Waals surface area contributed by atoms with E-state index >= 15 is 0 Å². The standard InChI is InChI=1S/C26H44O4/c1-5-26(30)15-17-14-18(27)10-12-24(17,3)21-11-13-25(4)19(7-8-20(25)23(21)26)16(2)6-9-22(28)29/h16-21,23,27,30H,5-15H2,1-4H3,(H,28,29). The van der Waals surface area contributed by atoms with Crippen LogP contribution in [0.2, 0.25) is 0 Å². The molecule has 0 radical (unpaired) electrons. The van der Waals surface area contributed by atoms with Gasteiger partial charge in [-0.2, -0.15) is 0 Å². The fraction of sp³-hybridized carbons (Fsp3) is 0.962. The Morgan fingerprint density at radius 1 is 1.07 bits per heavy atom. The van der Waals surface area contributed by atoms with Crippen LogP contribution in [0.4, 0.5) is 0 Å². The summed E-state index contributed by atoms with van der Waals surface area (Å²) in [5.74, 6) is 2.21. The van der Waals surface area contributed by atoms with Crippen LogP contribution in [0.25, 0.3) is 0 Å². The zero-order valence-electron chi connectivity index (χ0n) is 19.6. The molecule has 10 unspecified atom stereocenters. The summed E-state index contributed by atoms with van der Waals surface area (Å²) in [6, 6.07) is 0. The number of hydrogen-bond donors (Lipinski definition) is 3. The van der Waals surface area contributed by atoms with Crippen LogP contribution in [-0.2, 0) is 4.79 Å². The van der Waals surface area contributed by atoms with E-state index in [9.17, 15) is 15.0 Å². The number of carboxylic acids is 1. The minimum Gasteiger partial charge on any atom is -0.481 e. The van der Waals surface area contributed by atoms with Crippen LogP contribution in [0, 0.1) is 46.3 Å². The van der Waals surface area contributed by atoms with Crippen LogP contribution in [0.15, 0.2) is 0 Å². The second kappa shape index (κ2) is 7.76. The highest BCUT2D eigenvalue weighted by molar-refractivity contribution is 5.66. The topological polar surface area (TPSA) is 77.8 Å². The molecule has 0 saturated heterocycles. The molecule has 0 aromatic carbocycles. The first-order valence-electron chi connectivity index (χ1n) is 12.7. The Hall–Kier alpha value is -0.610. The van der Waals surface area contributed by atoms with E-state index in [1.165, 1.54) is 25.7 Å². The maximum Gasteiger partial charge on any atom is 0.303 e. The molecule has 30 heavy (non-hydrogen) atoms. The second-order valence-electron chi connectivity index (χ2n) is 12.2. The Kier molecular flexibility index (Phi) is 5.84. The molecule has 172 valence electrons. The molecule has 0 heterocycles. The summed E-state index contributed by atoms with van der Waals surface area (Å²) in [5.41, 5.74) is -0.142. The summed E-state index contributed by atoms with van der Waals surface area (Å²) in [6.07, 6.45) is 10.1. The van der Waals surface area contributed by atoms with Gasteiger partial charge in [0, 0.05) is 6.42 Å². The zero-order chi connectivity index (χ0) is 21.9. The Bertz CT molecular complexity index is 663. The second-order valence-corrected chi connectivity index (χ2v) is 12.2. The highest BCUT2D eigenvalue weighted by Gasteiger charge is 2.66. The Morgan fingerprint density at radius 2 is 1.73 bits per heavy atom. The lowest BCUT2D eigenvalue weighted by atomic mass is 9.41. The molecule has 10 atom stereocenters. The van der Waals surface area contributed by atoms with E-state index in [0.29, 0.717) is 35.5 Å². The van der Waals surface area contributed by atoms with Crippen molar-refractivity contribution in [3.63, 3.8) is 0 Å². The van der Waals surface area contributed by atoms with Gasteiger partial charge in [-0.3, -0.25) is 4.79 Å². The van der Waals surface area contributed by atoms with E-state index < -0.39 is 11.6 Å². The number of hydrogen-bond acceptors (Lipinski definition) is 3. The molecule has 0 aliphatic heterocycles. The molecule has 4 saturated carbocycles. The lowest BCUT2D eigenvalue weighted by Crippen LogP contribution is -2.63. The van der Waals surface area contributed by atoms with Gasteiger partial charge >= 0.3 is 5.97 Å². The molecule has 3 N–H and O–H groups in total. The summed E-state index contributed by atoms with van der Waals surface area (Å²) >= 11 is 0. The Balaban J connectivity index is 1.63. The smallest absolute Gasteiger partial charge is 0.303 e. The quantitative estimate of drug-likeness (QED) is 0.567. The number of carboxylic acid groups (broad SMARTS) is 1. The van der Waals surface area contributed by atoms with Crippen molar-refractivity contribution in [1.29, 1.82) is 0 Å². The third kappa shape index (κ3) is 3.36. The van der Waals surface area contributed by atoms with Crippen LogP contribution in [0.1, 0.15) is 98.3 Å². The van der Waals surface area contributed by atoms with Gasteiger partial charge in [0.25, 0.3) is 0 Å². The van der Waals surface area contributed by atoms with Gasteiger partial charge in [-0.15, -0.1) is 0 Å². The van der Waals surface area contributed by atoms with Crippen molar-refractivity contribution in [3.05, 3.63) is 0 Å². The van der Waals surface area contributed by atoms with E-state index in [2.05, 4.69) is 27.7 Å². The number of aliphatic hydroxyl groups is 2. The van der Waals surface area contributed by atoms with Crippen LogP contribution in [0.5, 0.6) is 0 Å². The van der Waals surface area contributed by atoms with Crippen LogP contribution in [0.3, 0.4) is 0 Å². The first-order chi connectivity index (χ1) is 14.0. The lowest BCUT2D eigenvalue weighted by Gasteiger charge is -2.65. The van der Waals surface area contributed by atoms with Gasteiger partial charge in [0.2, 0.25) is 0 Å². The van der Waals surface area contributed by atoms with E-state index in [1.807, 2.05) is 0 Å². The normalized spacial score (nSPS) is 51.5. The molecule has 0 amide bonds. The predicted octanol–water partition coefficient (Wildman–Crippen LogP) is 5.26. The molecule has 4 aliphatic carbocycles. The third-order valence-corrected chi connectivity index (χ3v) is 11.0. The van der Waals surface area contributed by atoms with Crippen LogP contribution < -0.4 is 0 Å². The van der Waals surface area contributed by atoms with E-state index in [4.69, 9.17) is 5.11 Å². The molecule has 4 nitrogen and oxygen atoms in total. The number of fused-ring (bicyclic) bond motifs is 5. The van der Waals surface area contributed by atoms with Crippen molar-refractivity contribution >= 4 is 5.97 Å². The first-order valence-corrected chi connectivity index (χ1v) is 12.7. The third-order valence-electron chi connectivity index (χ3n) is 11.0. The van der Waals surface area contributed by atoms with Crippen LogP contribution >= 0.6 is 0 Å². The van der Waals surface area contributed by atoms with Gasteiger partial charge in [0.15, 0.2) is 0 Å². The molecule has 0 bridgehead atoms. The van der Waals surface area contributed by atoms with Gasteiger partial charge in [-0.25, -0.2) is 0 Å².